The van der Waals surface area contributed by atoms with Gasteiger partial charge >= 0.3 is 0 Å². The SMILES string of the molecule is NCC1CCCC2(C1)OCCO2. The average molecular weight is 171 g/mol. The Hall–Kier alpha value is -0.120. The minimum absolute atomic E-state index is 0.234. The van der Waals surface area contributed by atoms with Gasteiger partial charge < -0.3 is 15.2 Å². The van der Waals surface area contributed by atoms with Crippen LogP contribution >= 0.6 is 0 Å². The van der Waals surface area contributed by atoms with Gasteiger partial charge in [-0.1, -0.05) is 0 Å². The van der Waals surface area contributed by atoms with Gasteiger partial charge in [-0.2, -0.15) is 0 Å². The molecule has 1 unspecified atom stereocenters. The van der Waals surface area contributed by atoms with Crippen molar-refractivity contribution in [2.45, 2.75) is 31.5 Å². The minimum atomic E-state index is -0.234. The first-order valence-electron chi connectivity index (χ1n) is 4.83. The van der Waals surface area contributed by atoms with Crippen LogP contribution in [0.1, 0.15) is 25.7 Å². The summed E-state index contributed by atoms with van der Waals surface area (Å²) < 4.78 is 11.3. The van der Waals surface area contributed by atoms with Crippen molar-refractivity contribution in [3.63, 3.8) is 0 Å². The second-order valence-corrected chi connectivity index (χ2v) is 3.81. The lowest BCUT2D eigenvalue weighted by atomic mass is 9.85. The summed E-state index contributed by atoms with van der Waals surface area (Å²) >= 11 is 0. The molecule has 1 aliphatic carbocycles. The van der Waals surface area contributed by atoms with Crippen LogP contribution in [0.15, 0.2) is 0 Å². The van der Waals surface area contributed by atoms with E-state index < -0.39 is 0 Å². The highest BCUT2D eigenvalue weighted by molar-refractivity contribution is 4.83. The Labute approximate surface area is 73.2 Å². The maximum absolute atomic E-state index is 5.64. The van der Waals surface area contributed by atoms with Crippen molar-refractivity contribution >= 4 is 0 Å². The Morgan fingerprint density at radius 2 is 2.08 bits per heavy atom. The van der Waals surface area contributed by atoms with Gasteiger partial charge in [0.25, 0.3) is 0 Å². The van der Waals surface area contributed by atoms with E-state index in [1.807, 2.05) is 0 Å². The fraction of sp³-hybridized carbons (Fsp3) is 1.00. The van der Waals surface area contributed by atoms with E-state index in [4.69, 9.17) is 15.2 Å². The summed E-state index contributed by atoms with van der Waals surface area (Å²) in [6.07, 6.45) is 4.50. The molecular weight excluding hydrogens is 154 g/mol. The largest absolute Gasteiger partial charge is 0.348 e. The number of ether oxygens (including phenoxy) is 2. The summed E-state index contributed by atoms with van der Waals surface area (Å²) in [4.78, 5) is 0. The predicted molar refractivity (Wildman–Crippen MR) is 45.6 cm³/mol. The first-order valence-corrected chi connectivity index (χ1v) is 4.83. The minimum Gasteiger partial charge on any atom is -0.348 e. The van der Waals surface area contributed by atoms with Crippen LogP contribution in [-0.2, 0) is 9.47 Å². The zero-order valence-electron chi connectivity index (χ0n) is 7.42. The lowest BCUT2D eigenvalue weighted by Crippen LogP contribution is -2.38. The van der Waals surface area contributed by atoms with E-state index in [0.29, 0.717) is 5.92 Å². The molecule has 2 fully saturated rings. The van der Waals surface area contributed by atoms with Gasteiger partial charge in [0.2, 0.25) is 0 Å². The van der Waals surface area contributed by atoms with Gasteiger partial charge in [0.1, 0.15) is 0 Å². The van der Waals surface area contributed by atoms with Crippen molar-refractivity contribution in [3.8, 4) is 0 Å². The third-order valence-electron chi connectivity index (χ3n) is 2.92. The van der Waals surface area contributed by atoms with Gasteiger partial charge in [-0.15, -0.1) is 0 Å². The van der Waals surface area contributed by atoms with E-state index in [0.717, 1.165) is 32.6 Å². The zero-order valence-corrected chi connectivity index (χ0v) is 7.42. The van der Waals surface area contributed by atoms with E-state index in [1.165, 1.54) is 12.8 Å². The predicted octanol–water partition coefficient (Wildman–Crippen LogP) is 0.878. The van der Waals surface area contributed by atoms with Gasteiger partial charge in [-0.3, -0.25) is 0 Å². The highest BCUT2D eigenvalue weighted by Gasteiger charge is 2.40. The highest BCUT2D eigenvalue weighted by atomic mass is 16.7. The fourth-order valence-corrected chi connectivity index (χ4v) is 2.26. The molecule has 1 heterocycles. The Kier molecular flexibility index (Phi) is 2.35. The molecule has 2 N–H and O–H groups in total. The van der Waals surface area contributed by atoms with Crippen LogP contribution in [0, 0.1) is 5.92 Å². The van der Waals surface area contributed by atoms with Crippen LogP contribution in [0.4, 0.5) is 0 Å². The van der Waals surface area contributed by atoms with Crippen LogP contribution in [0.5, 0.6) is 0 Å². The Morgan fingerprint density at radius 1 is 1.33 bits per heavy atom. The van der Waals surface area contributed by atoms with E-state index in [9.17, 15) is 0 Å². The molecule has 3 nitrogen and oxygen atoms in total. The molecule has 2 rings (SSSR count). The van der Waals surface area contributed by atoms with E-state index in [-0.39, 0.29) is 5.79 Å². The zero-order chi connectivity index (χ0) is 8.44. The molecule has 0 amide bonds. The number of rotatable bonds is 1. The molecule has 0 aromatic carbocycles. The summed E-state index contributed by atoms with van der Waals surface area (Å²) in [7, 11) is 0. The Bertz CT molecular complexity index is 155. The van der Waals surface area contributed by atoms with Crippen molar-refractivity contribution in [3.05, 3.63) is 0 Å². The summed E-state index contributed by atoms with van der Waals surface area (Å²) in [5.74, 6) is 0.374. The lowest BCUT2D eigenvalue weighted by Gasteiger charge is -2.35. The van der Waals surface area contributed by atoms with Crippen molar-refractivity contribution in [1.82, 2.24) is 0 Å². The Morgan fingerprint density at radius 3 is 2.75 bits per heavy atom. The molecule has 1 aliphatic heterocycles. The normalized spacial score (nSPS) is 34.2. The van der Waals surface area contributed by atoms with Gasteiger partial charge in [0.15, 0.2) is 5.79 Å². The molecule has 0 bridgehead atoms. The van der Waals surface area contributed by atoms with Crippen LogP contribution < -0.4 is 5.73 Å². The van der Waals surface area contributed by atoms with Crippen LogP contribution in [0.25, 0.3) is 0 Å². The molecule has 0 aromatic heterocycles. The molecule has 1 spiro atoms. The summed E-state index contributed by atoms with van der Waals surface area (Å²) in [5.41, 5.74) is 5.64. The number of hydrogen-bond donors (Lipinski definition) is 1. The number of nitrogens with two attached hydrogens (primary N) is 1. The van der Waals surface area contributed by atoms with Crippen LogP contribution in [0.2, 0.25) is 0 Å². The van der Waals surface area contributed by atoms with Crippen molar-refractivity contribution in [2.24, 2.45) is 11.7 Å². The monoisotopic (exact) mass is 171 g/mol. The van der Waals surface area contributed by atoms with Gasteiger partial charge in [0.05, 0.1) is 13.2 Å². The molecule has 0 aromatic rings. The second kappa shape index (κ2) is 3.32. The van der Waals surface area contributed by atoms with Crippen molar-refractivity contribution in [2.75, 3.05) is 19.8 Å². The van der Waals surface area contributed by atoms with Crippen molar-refractivity contribution < 1.29 is 9.47 Å². The maximum atomic E-state index is 5.64. The first kappa shape index (κ1) is 8.48. The summed E-state index contributed by atoms with van der Waals surface area (Å²) in [6.45, 7) is 2.29. The quantitative estimate of drug-likeness (QED) is 0.637. The highest BCUT2D eigenvalue weighted by Crippen LogP contribution is 2.38. The topological polar surface area (TPSA) is 44.5 Å². The van der Waals surface area contributed by atoms with Gasteiger partial charge in [-0.25, -0.2) is 0 Å². The van der Waals surface area contributed by atoms with Crippen LogP contribution in [-0.4, -0.2) is 25.5 Å². The smallest absolute Gasteiger partial charge is 0.168 e. The van der Waals surface area contributed by atoms with Crippen LogP contribution in [0.3, 0.4) is 0 Å². The molecule has 1 saturated heterocycles. The third kappa shape index (κ3) is 1.49. The molecule has 12 heavy (non-hydrogen) atoms. The molecule has 3 heteroatoms. The van der Waals surface area contributed by atoms with E-state index in [2.05, 4.69) is 0 Å². The summed E-state index contributed by atoms with van der Waals surface area (Å²) in [6, 6.07) is 0. The average Bonchev–Trinajstić information content (AvgIpc) is 2.53. The lowest BCUT2D eigenvalue weighted by molar-refractivity contribution is -0.186. The molecule has 0 radical (unpaired) electrons. The molecule has 1 saturated carbocycles. The van der Waals surface area contributed by atoms with E-state index in [1.54, 1.807) is 0 Å². The van der Waals surface area contributed by atoms with Gasteiger partial charge in [-0.05, 0) is 25.3 Å². The first-order chi connectivity index (χ1) is 5.85. The third-order valence-corrected chi connectivity index (χ3v) is 2.92. The van der Waals surface area contributed by atoms with E-state index >= 15 is 0 Å². The maximum Gasteiger partial charge on any atom is 0.168 e. The van der Waals surface area contributed by atoms with Crippen molar-refractivity contribution in [1.29, 1.82) is 0 Å². The molecule has 1 atom stereocenters. The fourth-order valence-electron chi connectivity index (χ4n) is 2.26. The Balaban J connectivity index is 1.97. The molecule has 70 valence electrons. The number of hydrogen-bond acceptors (Lipinski definition) is 3. The molecule has 2 aliphatic rings. The summed E-state index contributed by atoms with van der Waals surface area (Å²) in [5, 5.41) is 0. The van der Waals surface area contributed by atoms with Gasteiger partial charge in [0, 0.05) is 12.8 Å². The second-order valence-electron chi connectivity index (χ2n) is 3.81. The molecular formula is C9H17NO2. The standard InChI is InChI=1S/C9H17NO2/c10-7-8-2-1-3-9(6-8)11-4-5-12-9/h8H,1-7,10H2.